The summed E-state index contributed by atoms with van der Waals surface area (Å²) in [5.41, 5.74) is 3.72. The Morgan fingerprint density at radius 3 is 2.79 bits per heavy atom. The highest BCUT2D eigenvalue weighted by atomic mass is 16.5. The average Bonchev–Trinajstić information content (AvgIpc) is 3.17. The summed E-state index contributed by atoms with van der Waals surface area (Å²) in [6.07, 6.45) is 3.17. The fraction of sp³-hybridized carbons (Fsp3) is 0.0455. The maximum Gasteiger partial charge on any atom is 0.185 e. The molecule has 0 aliphatic rings. The van der Waals surface area contributed by atoms with Crippen LogP contribution in [-0.2, 0) is 0 Å². The monoisotopic (exact) mass is 371 g/mol. The standard InChI is InChI=1S/C22H17N3O3/c1-28-22-13-15(10-12-21(22)27)9-11-20(26)16-5-4-6-17(14-16)25-19-8-3-2-7-18(19)23-24-25/h2-14,27H,1H3/b11-9+. The normalized spacial score (nSPS) is 11.2. The number of hydrogen-bond donors (Lipinski definition) is 1. The number of carbonyl (C=O) groups is 1. The lowest BCUT2D eigenvalue weighted by Crippen LogP contribution is -2.00. The van der Waals surface area contributed by atoms with E-state index >= 15 is 0 Å². The maximum atomic E-state index is 12.6. The first kappa shape index (κ1) is 17.5. The van der Waals surface area contributed by atoms with Crippen molar-refractivity contribution in [2.24, 2.45) is 0 Å². The molecule has 0 unspecified atom stereocenters. The van der Waals surface area contributed by atoms with Gasteiger partial charge in [0.2, 0.25) is 0 Å². The minimum atomic E-state index is -0.140. The number of aromatic hydroxyl groups is 1. The minimum Gasteiger partial charge on any atom is -0.504 e. The number of benzene rings is 3. The van der Waals surface area contributed by atoms with E-state index in [0.29, 0.717) is 11.3 Å². The Balaban J connectivity index is 1.61. The molecule has 4 aromatic rings. The highest BCUT2D eigenvalue weighted by Gasteiger charge is 2.09. The van der Waals surface area contributed by atoms with Crippen LogP contribution in [0.3, 0.4) is 0 Å². The van der Waals surface area contributed by atoms with Crippen molar-refractivity contribution in [3.8, 4) is 17.2 Å². The molecule has 1 aromatic heterocycles. The van der Waals surface area contributed by atoms with E-state index in [9.17, 15) is 9.90 Å². The van der Waals surface area contributed by atoms with Gasteiger partial charge in [-0.1, -0.05) is 41.6 Å². The van der Waals surface area contributed by atoms with Crippen LogP contribution >= 0.6 is 0 Å². The van der Waals surface area contributed by atoms with Crippen LogP contribution in [0, 0.1) is 0 Å². The van der Waals surface area contributed by atoms with E-state index in [1.165, 1.54) is 19.3 Å². The van der Waals surface area contributed by atoms with Crippen molar-refractivity contribution in [3.05, 3.63) is 83.9 Å². The topological polar surface area (TPSA) is 77.2 Å². The SMILES string of the molecule is COc1cc(/C=C/C(=O)c2cccc(-n3nnc4ccccc43)c2)ccc1O. The van der Waals surface area contributed by atoms with Gasteiger partial charge in [-0.3, -0.25) is 4.79 Å². The van der Waals surface area contributed by atoms with E-state index in [2.05, 4.69) is 10.3 Å². The predicted octanol–water partition coefficient (Wildman–Crippen LogP) is 4.03. The molecular weight excluding hydrogens is 354 g/mol. The number of rotatable bonds is 5. The van der Waals surface area contributed by atoms with Crippen LogP contribution in [0.4, 0.5) is 0 Å². The third kappa shape index (κ3) is 3.35. The van der Waals surface area contributed by atoms with Crippen LogP contribution < -0.4 is 4.74 Å². The lowest BCUT2D eigenvalue weighted by molar-refractivity contribution is 0.104. The van der Waals surface area contributed by atoms with E-state index in [1.54, 1.807) is 35.0 Å². The molecule has 28 heavy (non-hydrogen) atoms. The van der Waals surface area contributed by atoms with E-state index in [1.807, 2.05) is 36.4 Å². The number of aromatic nitrogens is 3. The molecule has 6 nitrogen and oxygen atoms in total. The summed E-state index contributed by atoms with van der Waals surface area (Å²) < 4.78 is 6.79. The molecule has 3 aromatic carbocycles. The number of hydrogen-bond acceptors (Lipinski definition) is 5. The Kier molecular flexibility index (Phi) is 4.60. The molecule has 0 aliphatic carbocycles. The molecule has 0 fully saturated rings. The van der Waals surface area contributed by atoms with Gasteiger partial charge in [0.05, 0.1) is 18.3 Å². The number of fused-ring (bicyclic) bond motifs is 1. The third-order valence-electron chi connectivity index (χ3n) is 4.36. The van der Waals surface area contributed by atoms with Crippen molar-refractivity contribution in [1.29, 1.82) is 0 Å². The summed E-state index contributed by atoms with van der Waals surface area (Å²) in [5, 5.41) is 18.0. The molecule has 4 rings (SSSR count). The first-order chi connectivity index (χ1) is 13.7. The van der Waals surface area contributed by atoms with Crippen molar-refractivity contribution in [1.82, 2.24) is 15.0 Å². The van der Waals surface area contributed by atoms with Crippen molar-refractivity contribution < 1.29 is 14.6 Å². The van der Waals surface area contributed by atoms with E-state index in [-0.39, 0.29) is 11.5 Å². The fourth-order valence-corrected chi connectivity index (χ4v) is 2.92. The molecule has 1 N–H and O–H groups in total. The first-order valence-corrected chi connectivity index (χ1v) is 8.66. The van der Waals surface area contributed by atoms with Gasteiger partial charge in [0, 0.05) is 5.56 Å². The zero-order chi connectivity index (χ0) is 19.5. The Labute approximate surface area is 161 Å². The summed E-state index contributed by atoms with van der Waals surface area (Å²) in [5.74, 6) is 0.270. The van der Waals surface area contributed by atoms with Crippen LogP contribution in [0.5, 0.6) is 11.5 Å². The largest absolute Gasteiger partial charge is 0.504 e. The summed E-state index contributed by atoms with van der Waals surface area (Å²) >= 11 is 0. The lowest BCUT2D eigenvalue weighted by atomic mass is 10.1. The number of nitrogens with zero attached hydrogens (tertiary/aromatic N) is 3. The zero-order valence-electron chi connectivity index (χ0n) is 15.1. The van der Waals surface area contributed by atoms with Crippen LogP contribution in [0.1, 0.15) is 15.9 Å². The Hall–Kier alpha value is -3.93. The Morgan fingerprint density at radius 2 is 1.93 bits per heavy atom. The first-order valence-electron chi connectivity index (χ1n) is 8.66. The van der Waals surface area contributed by atoms with Gasteiger partial charge < -0.3 is 9.84 Å². The highest BCUT2D eigenvalue weighted by molar-refractivity contribution is 6.07. The summed E-state index contributed by atoms with van der Waals surface area (Å²) in [4.78, 5) is 12.6. The van der Waals surface area contributed by atoms with Crippen molar-refractivity contribution in [2.75, 3.05) is 7.11 Å². The average molecular weight is 371 g/mol. The van der Waals surface area contributed by atoms with E-state index < -0.39 is 0 Å². The molecule has 138 valence electrons. The number of carbonyl (C=O) groups excluding carboxylic acids is 1. The minimum absolute atomic E-state index is 0.0544. The van der Waals surface area contributed by atoms with Crippen molar-refractivity contribution >= 4 is 22.9 Å². The van der Waals surface area contributed by atoms with Crippen molar-refractivity contribution in [2.45, 2.75) is 0 Å². The van der Waals surface area contributed by atoms with Gasteiger partial charge >= 0.3 is 0 Å². The second kappa shape index (κ2) is 7.36. The van der Waals surface area contributed by atoms with Crippen molar-refractivity contribution in [3.63, 3.8) is 0 Å². The van der Waals surface area contributed by atoms with E-state index in [0.717, 1.165) is 22.3 Å². The summed E-state index contributed by atoms with van der Waals surface area (Å²) in [7, 11) is 1.48. The number of ketones is 1. The Bertz CT molecular complexity index is 1190. The third-order valence-corrected chi connectivity index (χ3v) is 4.36. The van der Waals surface area contributed by atoms with Crippen LogP contribution in [0.2, 0.25) is 0 Å². The quantitative estimate of drug-likeness (QED) is 0.423. The molecule has 0 aliphatic heterocycles. The number of ether oxygens (including phenoxy) is 1. The van der Waals surface area contributed by atoms with Gasteiger partial charge in [-0.2, -0.15) is 0 Å². The number of phenolic OH excluding ortho intramolecular Hbond substituents is 1. The lowest BCUT2D eigenvalue weighted by Gasteiger charge is -2.05. The van der Waals surface area contributed by atoms with Crippen LogP contribution in [0.25, 0.3) is 22.8 Å². The van der Waals surface area contributed by atoms with E-state index in [4.69, 9.17) is 4.74 Å². The van der Waals surface area contributed by atoms with Gasteiger partial charge in [0.15, 0.2) is 17.3 Å². The predicted molar refractivity (Wildman–Crippen MR) is 107 cm³/mol. The second-order valence-corrected chi connectivity index (χ2v) is 6.17. The van der Waals surface area contributed by atoms with Gasteiger partial charge in [-0.25, -0.2) is 4.68 Å². The number of methoxy groups -OCH3 is 1. The van der Waals surface area contributed by atoms with Crippen LogP contribution in [0.15, 0.2) is 72.8 Å². The summed E-state index contributed by atoms with van der Waals surface area (Å²) in [6, 6.07) is 19.8. The van der Waals surface area contributed by atoms with Gasteiger partial charge in [-0.15, -0.1) is 5.10 Å². The molecule has 0 atom stereocenters. The molecule has 0 radical (unpaired) electrons. The summed E-state index contributed by atoms with van der Waals surface area (Å²) in [6.45, 7) is 0. The Morgan fingerprint density at radius 1 is 1.07 bits per heavy atom. The molecule has 0 bridgehead atoms. The highest BCUT2D eigenvalue weighted by Crippen LogP contribution is 2.27. The molecule has 1 heterocycles. The zero-order valence-corrected chi connectivity index (χ0v) is 15.1. The second-order valence-electron chi connectivity index (χ2n) is 6.17. The maximum absolute atomic E-state index is 12.6. The number of phenols is 1. The molecular formula is C22H17N3O3. The number of allylic oxidation sites excluding steroid dienone is 1. The molecule has 0 spiro atoms. The molecule has 0 saturated heterocycles. The van der Waals surface area contributed by atoms with Gasteiger partial charge in [-0.05, 0) is 48.0 Å². The van der Waals surface area contributed by atoms with Crippen LogP contribution in [-0.4, -0.2) is 33.0 Å². The molecule has 6 heteroatoms. The molecule has 0 saturated carbocycles. The smallest absolute Gasteiger partial charge is 0.185 e. The molecule has 0 amide bonds. The van der Waals surface area contributed by atoms with Gasteiger partial charge in [0.1, 0.15) is 5.52 Å². The number of para-hydroxylation sites is 1. The fourth-order valence-electron chi connectivity index (χ4n) is 2.92. The van der Waals surface area contributed by atoms with Gasteiger partial charge in [0.25, 0.3) is 0 Å².